The lowest BCUT2D eigenvalue weighted by Crippen LogP contribution is -2.40. The van der Waals surface area contributed by atoms with Gasteiger partial charge < -0.3 is 5.32 Å². The summed E-state index contributed by atoms with van der Waals surface area (Å²) in [6.45, 7) is 9.43. The first kappa shape index (κ1) is 14.1. The summed E-state index contributed by atoms with van der Waals surface area (Å²) in [6, 6.07) is 10.0. The van der Waals surface area contributed by atoms with Gasteiger partial charge in [0.25, 0.3) is 0 Å². The monoisotopic (exact) mass is 272 g/mol. The highest BCUT2D eigenvalue weighted by Gasteiger charge is 2.33. The summed E-state index contributed by atoms with van der Waals surface area (Å²) in [5.74, 6) is 1.64. The van der Waals surface area contributed by atoms with Crippen LogP contribution in [0.2, 0.25) is 0 Å². The van der Waals surface area contributed by atoms with Crippen molar-refractivity contribution in [3.05, 3.63) is 35.4 Å². The van der Waals surface area contributed by atoms with Crippen molar-refractivity contribution >= 4 is 0 Å². The predicted molar refractivity (Wildman–Crippen MR) is 84.8 cm³/mol. The van der Waals surface area contributed by atoms with E-state index in [4.69, 9.17) is 0 Å². The summed E-state index contributed by atoms with van der Waals surface area (Å²) in [6.07, 6.45) is 3.97. The van der Waals surface area contributed by atoms with E-state index in [0.717, 1.165) is 24.4 Å². The van der Waals surface area contributed by atoms with Gasteiger partial charge in [-0.15, -0.1) is 0 Å². The van der Waals surface area contributed by atoms with Crippen molar-refractivity contribution in [2.24, 2.45) is 11.8 Å². The van der Waals surface area contributed by atoms with Gasteiger partial charge in [0.15, 0.2) is 0 Å². The molecule has 110 valence electrons. The molecule has 2 aliphatic rings. The Morgan fingerprint density at radius 2 is 1.90 bits per heavy atom. The number of benzene rings is 1. The molecule has 0 saturated carbocycles. The largest absolute Gasteiger partial charge is 0.312 e. The van der Waals surface area contributed by atoms with Gasteiger partial charge in [-0.2, -0.15) is 0 Å². The number of nitrogens with one attached hydrogen (secondary N) is 1. The Bertz CT molecular complexity index is 410. The highest BCUT2D eigenvalue weighted by atomic mass is 15.2. The molecule has 0 amide bonds. The molecule has 2 saturated heterocycles. The Kier molecular flexibility index (Phi) is 4.42. The lowest BCUT2D eigenvalue weighted by Gasteiger charge is -2.24. The number of nitrogens with zero attached hydrogens (tertiary/aromatic N) is 1. The number of rotatable bonds is 4. The summed E-state index contributed by atoms with van der Waals surface area (Å²) in [7, 11) is 0. The van der Waals surface area contributed by atoms with E-state index in [0.29, 0.717) is 0 Å². The Balaban J connectivity index is 1.55. The minimum atomic E-state index is 0.744. The highest BCUT2D eigenvalue weighted by Crippen LogP contribution is 2.26. The standard InChI is InChI=1S/C18H28N2/c1-14(2)10-15-5-7-16(8-6-15)11-20-12-17-4-3-9-19-18(17)13-20/h5-8,14,17-19H,3-4,9-13H2,1-2H3. The zero-order chi connectivity index (χ0) is 13.9. The first-order valence-electron chi connectivity index (χ1n) is 8.24. The molecule has 2 nitrogen and oxygen atoms in total. The van der Waals surface area contributed by atoms with Crippen LogP contribution in [0.5, 0.6) is 0 Å². The van der Waals surface area contributed by atoms with Gasteiger partial charge in [-0.1, -0.05) is 38.1 Å². The lowest BCUT2D eigenvalue weighted by molar-refractivity contribution is 0.312. The van der Waals surface area contributed by atoms with E-state index in [2.05, 4.69) is 48.3 Å². The second kappa shape index (κ2) is 6.28. The van der Waals surface area contributed by atoms with E-state index >= 15 is 0 Å². The first-order valence-corrected chi connectivity index (χ1v) is 8.24. The van der Waals surface area contributed by atoms with Crippen LogP contribution in [0.4, 0.5) is 0 Å². The number of piperidine rings is 1. The van der Waals surface area contributed by atoms with E-state index in [1.165, 1.54) is 50.0 Å². The zero-order valence-electron chi connectivity index (χ0n) is 12.9. The van der Waals surface area contributed by atoms with Crippen molar-refractivity contribution in [2.75, 3.05) is 19.6 Å². The smallest absolute Gasteiger partial charge is 0.0235 e. The van der Waals surface area contributed by atoms with Gasteiger partial charge >= 0.3 is 0 Å². The van der Waals surface area contributed by atoms with E-state index < -0.39 is 0 Å². The number of likely N-dealkylation sites (tertiary alicyclic amines) is 1. The molecule has 3 rings (SSSR count). The minimum absolute atomic E-state index is 0.744. The molecule has 1 aromatic rings. The van der Waals surface area contributed by atoms with E-state index in [1.54, 1.807) is 0 Å². The predicted octanol–water partition coefficient (Wildman–Crippen LogP) is 3.07. The molecule has 2 fully saturated rings. The van der Waals surface area contributed by atoms with Crippen molar-refractivity contribution in [1.82, 2.24) is 10.2 Å². The lowest BCUT2D eigenvalue weighted by atomic mass is 9.94. The number of hydrogen-bond acceptors (Lipinski definition) is 2. The van der Waals surface area contributed by atoms with Crippen LogP contribution < -0.4 is 5.32 Å². The second-order valence-corrected chi connectivity index (χ2v) is 7.07. The third-order valence-electron chi connectivity index (χ3n) is 4.75. The minimum Gasteiger partial charge on any atom is -0.312 e. The maximum Gasteiger partial charge on any atom is 0.0235 e. The summed E-state index contributed by atoms with van der Waals surface area (Å²) in [5, 5.41) is 3.69. The molecule has 0 bridgehead atoms. The normalized spacial score (nSPS) is 26.9. The summed E-state index contributed by atoms with van der Waals surface area (Å²) in [4.78, 5) is 2.63. The van der Waals surface area contributed by atoms with Crippen molar-refractivity contribution in [3.8, 4) is 0 Å². The molecule has 1 aromatic carbocycles. The highest BCUT2D eigenvalue weighted by molar-refractivity contribution is 5.23. The zero-order valence-corrected chi connectivity index (χ0v) is 12.9. The van der Waals surface area contributed by atoms with Crippen LogP contribution in [0, 0.1) is 11.8 Å². The SMILES string of the molecule is CC(C)Cc1ccc(CN2CC3CCCNC3C2)cc1. The van der Waals surface area contributed by atoms with Gasteiger partial charge in [0.05, 0.1) is 0 Å². The topological polar surface area (TPSA) is 15.3 Å². The molecule has 0 aliphatic carbocycles. The average Bonchev–Trinajstić information content (AvgIpc) is 2.82. The molecule has 0 aromatic heterocycles. The average molecular weight is 272 g/mol. The van der Waals surface area contributed by atoms with Crippen LogP contribution in [-0.4, -0.2) is 30.6 Å². The van der Waals surface area contributed by atoms with Crippen molar-refractivity contribution in [1.29, 1.82) is 0 Å². The third-order valence-corrected chi connectivity index (χ3v) is 4.75. The fourth-order valence-electron chi connectivity index (χ4n) is 3.78. The van der Waals surface area contributed by atoms with Gasteiger partial charge in [-0.05, 0) is 48.8 Å². The quantitative estimate of drug-likeness (QED) is 0.906. The van der Waals surface area contributed by atoms with Crippen LogP contribution in [0.3, 0.4) is 0 Å². The van der Waals surface area contributed by atoms with Gasteiger partial charge in [-0.3, -0.25) is 4.90 Å². The Morgan fingerprint density at radius 1 is 1.15 bits per heavy atom. The van der Waals surface area contributed by atoms with Gasteiger partial charge in [0.2, 0.25) is 0 Å². The molecular weight excluding hydrogens is 244 g/mol. The summed E-state index contributed by atoms with van der Waals surface area (Å²) in [5.41, 5.74) is 2.94. The van der Waals surface area contributed by atoms with Crippen LogP contribution in [0.15, 0.2) is 24.3 Å². The first-order chi connectivity index (χ1) is 9.70. The fourth-order valence-corrected chi connectivity index (χ4v) is 3.78. The summed E-state index contributed by atoms with van der Waals surface area (Å²) >= 11 is 0. The molecular formula is C18H28N2. The van der Waals surface area contributed by atoms with Crippen LogP contribution in [-0.2, 0) is 13.0 Å². The Labute approximate surface area is 123 Å². The fraction of sp³-hybridized carbons (Fsp3) is 0.667. The molecule has 2 unspecified atom stereocenters. The maximum atomic E-state index is 3.69. The van der Waals surface area contributed by atoms with Gasteiger partial charge in [0.1, 0.15) is 0 Å². The van der Waals surface area contributed by atoms with Crippen LogP contribution in [0.1, 0.15) is 37.8 Å². The summed E-state index contributed by atoms with van der Waals surface area (Å²) < 4.78 is 0. The van der Waals surface area contributed by atoms with E-state index in [9.17, 15) is 0 Å². The molecule has 2 heterocycles. The van der Waals surface area contributed by atoms with Gasteiger partial charge in [-0.25, -0.2) is 0 Å². The molecule has 2 heteroatoms. The third kappa shape index (κ3) is 3.42. The number of hydrogen-bond donors (Lipinski definition) is 1. The molecule has 20 heavy (non-hydrogen) atoms. The van der Waals surface area contributed by atoms with Crippen LogP contribution in [0.25, 0.3) is 0 Å². The molecule has 0 radical (unpaired) electrons. The molecule has 2 aliphatic heterocycles. The van der Waals surface area contributed by atoms with Crippen molar-refractivity contribution in [2.45, 2.75) is 45.7 Å². The molecule has 1 N–H and O–H groups in total. The van der Waals surface area contributed by atoms with Crippen molar-refractivity contribution in [3.63, 3.8) is 0 Å². The molecule has 2 atom stereocenters. The van der Waals surface area contributed by atoms with Gasteiger partial charge in [0, 0.05) is 25.7 Å². The van der Waals surface area contributed by atoms with Crippen molar-refractivity contribution < 1.29 is 0 Å². The second-order valence-electron chi connectivity index (χ2n) is 7.07. The Morgan fingerprint density at radius 3 is 2.60 bits per heavy atom. The van der Waals surface area contributed by atoms with E-state index in [1.807, 2.05) is 0 Å². The van der Waals surface area contributed by atoms with E-state index in [-0.39, 0.29) is 0 Å². The Hall–Kier alpha value is -0.860. The number of fused-ring (bicyclic) bond motifs is 1. The van der Waals surface area contributed by atoms with Crippen LogP contribution >= 0.6 is 0 Å². The maximum absolute atomic E-state index is 3.69. The molecule has 0 spiro atoms.